The van der Waals surface area contributed by atoms with Crippen molar-refractivity contribution in [3.63, 3.8) is 0 Å². The predicted octanol–water partition coefficient (Wildman–Crippen LogP) is 1.11. The number of carbonyl (C=O) groups excluding carboxylic acids is 1. The molecule has 0 bridgehead atoms. The van der Waals surface area contributed by atoms with Crippen LogP contribution in [0.3, 0.4) is 0 Å². The molecule has 1 atom stereocenters. The lowest BCUT2D eigenvalue weighted by Gasteiger charge is -2.12. The number of carboxylic acids is 1. The smallest absolute Gasteiger partial charge is 0.336 e. The molecule has 104 valence electrons. The van der Waals surface area contributed by atoms with Gasteiger partial charge in [-0.05, 0) is 25.0 Å². The Kier molecular flexibility index (Phi) is 5.23. The number of hydrogen-bond acceptors (Lipinski definition) is 3. The highest BCUT2D eigenvalue weighted by molar-refractivity contribution is 7.84. The third-order valence-electron chi connectivity index (χ3n) is 2.74. The van der Waals surface area contributed by atoms with Crippen LogP contribution in [-0.4, -0.2) is 39.7 Å². The van der Waals surface area contributed by atoms with Gasteiger partial charge >= 0.3 is 5.97 Å². The highest BCUT2D eigenvalue weighted by atomic mass is 32.2. The minimum Gasteiger partial charge on any atom is -0.478 e. The fourth-order valence-electron chi connectivity index (χ4n) is 1.78. The topological polar surface area (TPSA) is 83.5 Å². The van der Waals surface area contributed by atoms with Gasteiger partial charge in [-0.15, -0.1) is 0 Å². The van der Waals surface area contributed by atoms with E-state index in [9.17, 15) is 18.9 Å². The van der Waals surface area contributed by atoms with Crippen LogP contribution in [0.15, 0.2) is 12.1 Å². The highest BCUT2D eigenvalue weighted by Gasteiger charge is 2.20. The van der Waals surface area contributed by atoms with E-state index in [4.69, 9.17) is 0 Å². The first-order valence-electron chi connectivity index (χ1n) is 5.76. The van der Waals surface area contributed by atoms with Gasteiger partial charge in [0, 0.05) is 29.4 Å². The van der Waals surface area contributed by atoms with Crippen molar-refractivity contribution in [3.05, 3.63) is 34.4 Å². The van der Waals surface area contributed by atoms with Crippen LogP contribution in [-0.2, 0) is 10.8 Å². The Morgan fingerprint density at radius 2 is 1.74 bits per heavy atom. The molecule has 6 heteroatoms. The molecule has 0 aromatic heterocycles. The SMILES string of the molecule is Cc1ccc(C)c(C(=O)NCCS(C)=O)c1C(=O)O. The quantitative estimate of drug-likeness (QED) is 0.848. The maximum absolute atomic E-state index is 12.1. The van der Waals surface area contributed by atoms with E-state index in [-0.39, 0.29) is 17.7 Å². The monoisotopic (exact) mass is 283 g/mol. The molecule has 19 heavy (non-hydrogen) atoms. The van der Waals surface area contributed by atoms with Crippen LogP contribution in [0.25, 0.3) is 0 Å². The number of carbonyl (C=O) groups is 2. The highest BCUT2D eigenvalue weighted by Crippen LogP contribution is 2.18. The van der Waals surface area contributed by atoms with Gasteiger partial charge in [-0.1, -0.05) is 12.1 Å². The van der Waals surface area contributed by atoms with E-state index in [1.54, 1.807) is 32.2 Å². The second-order valence-corrected chi connectivity index (χ2v) is 5.84. The van der Waals surface area contributed by atoms with E-state index in [0.717, 1.165) is 0 Å². The van der Waals surface area contributed by atoms with Crippen LogP contribution in [0.4, 0.5) is 0 Å². The van der Waals surface area contributed by atoms with Gasteiger partial charge in [-0.2, -0.15) is 0 Å². The molecule has 1 rings (SSSR count). The predicted molar refractivity (Wildman–Crippen MR) is 74.1 cm³/mol. The molecule has 1 aromatic rings. The van der Waals surface area contributed by atoms with E-state index in [0.29, 0.717) is 16.9 Å². The first kappa shape index (κ1) is 15.4. The number of aryl methyl sites for hydroxylation is 2. The summed E-state index contributed by atoms with van der Waals surface area (Å²) in [4.78, 5) is 23.3. The number of nitrogens with one attached hydrogen (secondary N) is 1. The fraction of sp³-hybridized carbons (Fsp3) is 0.385. The second kappa shape index (κ2) is 6.47. The van der Waals surface area contributed by atoms with Crippen molar-refractivity contribution in [1.29, 1.82) is 0 Å². The van der Waals surface area contributed by atoms with Gasteiger partial charge < -0.3 is 10.4 Å². The summed E-state index contributed by atoms with van der Waals surface area (Å²) in [6.07, 6.45) is 1.55. The average Bonchev–Trinajstić information content (AvgIpc) is 2.30. The zero-order chi connectivity index (χ0) is 14.6. The average molecular weight is 283 g/mol. The second-order valence-electron chi connectivity index (χ2n) is 4.29. The summed E-state index contributed by atoms with van der Waals surface area (Å²) >= 11 is 0. The largest absolute Gasteiger partial charge is 0.478 e. The minimum atomic E-state index is -1.12. The molecule has 2 N–H and O–H groups in total. The number of carboxylic acid groups (broad SMARTS) is 1. The van der Waals surface area contributed by atoms with Gasteiger partial charge in [-0.25, -0.2) is 4.79 Å². The van der Waals surface area contributed by atoms with Crippen LogP contribution in [0, 0.1) is 13.8 Å². The molecule has 1 aromatic carbocycles. The molecule has 1 unspecified atom stereocenters. The lowest BCUT2D eigenvalue weighted by atomic mass is 9.96. The summed E-state index contributed by atoms with van der Waals surface area (Å²) < 4.78 is 10.9. The lowest BCUT2D eigenvalue weighted by molar-refractivity contribution is 0.0690. The zero-order valence-corrected chi connectivity index (χ0v) is 12.0. The molecule has 0 saturated heterocycles. The Morgan fingerprint density at radius 3 is 2.21 bits per heavy atom. The Hall–Kier alpha value is -1.69. The van der Waals surface area contributed by atoms with E-state index in [1.165, 1.54) is 0 Å². The Bertz CT molecular complexity index is 540. The summed E-state index contributed by atoms with van der Waals surface area (Å²) in [5.41, 5.74) is 1.35. The van der Waals surface area contributed by atoms with Crippen LogP contribution < -0.4 is 5.32 Å². The zero-order valence-electron chi connectivity index (χ0n) is 11.1. The normalized spacial score (nSPS) is 11.9. The first-order valence-corrected chi connectivity index (χ1v) is 7.49. The molecule has 0 radical (unpaired) electrons. The van der Waals surface area contributed by atoms with Crippen molar-refractivity contribution in [1.82, 2.24) is 5.32 Å². The van der Waals surface area contributed by atoms with Crippen molar-refractivity contribution in [2.24, 2.45) is 0 Å². The van der Waals surface area contributed by atoms with Gasteiger partial charge in [0.1, 0.15) is 0 Å². The molecular weight excluding hydrogens is 266 g/mol. The molecule has 1 amide bonds. The molecule has 0 saturated carbocycles. The van der Waals surface area contributed by atoms with Gasteiger partial charge in [0.25, 0.3) is 5.91 Å². The van der Waals surface area contributed by atoms with Crippen LogP contribution in [0.1, 0.15) is 31.8 Å². The summed E-state index contributed by atoms with van der Waals surface area (Å²) in [6, 6.07) is 3.39. The van der Waals surface area contributed by atoms with E-state index in [1.807, 2.05) is 0 Å². The van der Waals surface area contributed by atoms with Crippen molar-refractivity contribution in [2.75, 3.05) is 18.6 Å². The van der Waals surface area contributed by atoms with Crippen molar-refractivity contribution in [3.8, 4) is 0 Å². The first-order chi connectivity index (χ1) is 8.84. The van der Waals surface area contributed by atoms with Crippen molar-refractivity contribution in [2.45, 2.75) is 13.8 Å². The van der Waals surface area contributed by atoms with Gasteiger partial charge in [0.15, 0.2) is 0 Å². The number of aromatic carboxylic acids is 1. The number of benzene rings is 1. The van der Waals surface area contributed by atoms with Crippen LogP contribution >= 0.6 is 0 Å². The van der Waals surface area contributed by atoms with E-state index in [2.05, 4.69) is 5.32 Å². The molecule has 0 aliphatic rings. The standard InChI is InChI=1S/C13H17NO4S/c1-8-4-5-9(2)11(13(16)17)10(8)12(15)14-6-7-19(3)18/h4-5H,6-7H2,1-3H3,(H,14,15)(H,16,17). The Morgan fingerprint density at radius 1 is 1.21 bits per heavy atom. The van der Waals surface area contributed by atoms with Crippen LogP contribution in [0.5, 0.6) is 0 Å². The molecule has 0 aliphatic carbocycles. The molecule has 0 heterocycles. The number of rotatable bonds is 5. The lowest BCUT2D eigenvalue weighted by Crippen LogP contribution is -2.30. The van der Waals surface area contributed by atoms with Crippen LogP contribution in [0.2, 0.25) is 0 Å². The summed E-state index contributed by atoms with van der Waals surface area (Å²) in [7, 11) is -0.993. The van der Waals surface area contributed by atoms with E-state index >= 15 is 0 Å². The number of hydrogen-bond donors (Lipinski definition) is 2. The summed E-state index contributed by atoms with van der Waals surface area (Å²) in [6.45, 7) is 3.61. The van der Waals surface area contributed by atoms with Gasteiger partial charge in [0.2, 0.25) is 0 Å². The molecule has 0 fully saturated rings. The van der Waals surface area contributed by atoms with E-state index < -0.39 is 22.7 Å². The number of amides is 1. The van der Waals surface area contributed by atoms with Gasteiger partial charge in [-0.3, -0.25) is 9.00 Å². The Balaban J connectivity index is 3.05. The third-order valence-corrected chi connectivity index (χ3v) is 3.52. The molecule has 0 spiro atoms. The summed E-state index contributed by atoms with van der Waals surface area (Å²) in [5.74, 6) is -1.21. The Labute approximate surface area is 114 Å². The summed E-state index contributed by atoms with van der Waals surface area (Å²) in [5, 5.41) is 11.8. The molecular formula is C13H17NO4S. The van der Waals surface area contributed by atoms with Crippen molar-refractivity contribution < 1.29 is 18.9 Å². The fourth-order valence-corrected chi connectivity index (χ4v) is 2.17. The molecule has 5 nitrogen and oxygen atoms in total. The third kappa shape index (κ3) is 3.89. The maximum atomic E-state index is 12.1. The minimum absolute atomic E-state index is 0.0233. The molecule has 0 aliphatic heterocycles. The van der Waals surface area contributed by atoms with Crippen molar-refractivity contribution >= 4 is 22.7 Å². The maximum Gasteiger partial charge on any atom is 0.336 e. The van der Waals surface area contributed by atoms with Gasteiger partial charge in [0.05, 0.1) is 11.1 Å².